The molecule has 156 valence electrons. The number of nitrogens with zero attached hydrogens (tertiary/aromatic N) is 1. The number of hydrogen-bond acceptors (Lipinski definition) is 4. The van der Waals surface area contributed by atoms with E-state index in [0.717, 1.165) is 36.4 Å². The van der Waals surface area contributed by atoms with E-state index in [4.69, 9.17) is 4.74 Å². The number of carbonyl (C=O) groups excluding carboxylic acids is 2. The van der Waals surface area contributed by atoms with Gasteiger partial charge in [0, 0.05) is 23.8 Å². The maximum Gasteiger partial charge on any atom is 0.255 e. The Morgan fingerprint density at radius 3 is 2.86 bits per heavy atom. The minimum absolute atomic E-state index is 0.0726. The minimum Gasteiger partial charge on any atom is -0.489 e. The van der Waals surface area contributed by atoms with Gasteiger partial charge in [0.05, 0.1) is 0 Å². The molecule has 3 aliphatic rings. The number of nitrogens with one attached hydrogen (secondary N) is 2. The summed E-state index contributed by atoms with van der Waals surface area (Å²) in [7, 11) is 0. The Hall–Kier alpha value is -2.34. The second-order valence-corrected chi connectivity index (χ2v) is 8.90. The summed E-state index contributed by atoms with van der Waals surface area (Å²) in [5.41, 5.74) is 2.34. The third-order valence-corrected chi connectivity index (χ3v) is 6.14. The summed E-state index contributed by atoms with van der Waals surface area (Å²) < 4.78 is 6.31. The van der Waals surface area contributed by atoms with Gasteiger partial charge in [0.25, 0.3) is 5.91 Å². The zero-order valence-electron chi connectivity index (χ0n) is 17.4. The number of allylic oxidation sites excluding steroid dienone is 1. The zero-order chi connectivity index (χ0) is 20.5. The molecule has 0 radical (unpaired) electrons. The fourth-order valence-electron chi connectivity index (χ4n) is 4.57. The van der Waals surface area contributed by atoms with Gasteiger partial charge in [0.15, 0.2) is 0 Å². The highest BCUT2D eigenvalue weighted by atomic mass is 16.5. The van der Waals surface area contributed by atoms with Crippen molar-refractivity contribution in [1.29, 1.82) is 0 Å². The lowest BCUT2D eigenvalue weighted by Crippen LogP contribution is -2.49. The summed E-state index contributed by atoms with van der Waals surface area (Å²) in [6.45, 7) is 9.69. The molecule has 1 saturated carbocycles. The molecular weight excluding hydrogens is 366 g/mol. The van der Waals surface area contributed by atoms with Crippen LogP contribution in [0.2, 0.25) is 0 Å². The van der Waals surface area contributed by atoms with E-state index < -0.39 is 6.04 Å². The van der Waals surface area contributed by atoms with Crippen LogP contribution >= 0.6 is 0 Å². The minimum atomic E-state index is -0.427. The highest BCUT2D eigenvalue weighted by Gasteiger charge is 2.38. The Labute approximate surface area is 172 Å². The van der Waals surface area contributed by atoms with E-state index in [1.54, 1.807) is 4.90 Å². The fourth-order valence-corrected chi connectivity index (χ4v) is 4.57. The lowest BCUT2D eigenvalue weighted by molar-refractivity contribution is -0.126. The van der Waals surface area contributed by atoms with Crippen LogP contribution in [-0.2, 0) is 11.3 Å². The molecular formula is C23H31N3O3. The Morgan fingerprint density at radius 1 is 1.28 bits per heavy atom. The van der Waals surface area contributed by atoms with E-state index in [2.05, 4.69) is 31.1 Å². The summed E-state index contributed by atoms with van der Waals surface area (Å²) in [6.07, 6.45) is 4.84. The van der Waals surface area contributed by atoms with Crippen LogP contribution in [0.4, 0.5) is 0 Å². The first-order valence-corrected chi connectivity index (χ1v) is 10.7. The standard InChI is InChI=1S/C23H31N3O3/c1-14(2)12-24-19-5-4-6-21(19)29-17-8-9-18-16(11-17)13-26(23(18)28)20-10-7-15(3)25-22(20)27/h8-9,11,14,19-21,24H,3-7,10,12-13H2,1-2H3,(H,25,27)/t19-,20?,21-/m1/s1. The summed E-state index contributed by atoms with van der Waals surface area (Å²) in [5, 5.41) is 6.41. The van der Waals surface area contributed by atoms with Gasteiger partial charge in [-0.1, -0.05) is 20.4 Å². The van der Waals surface area contributed by atoms with E-state index in [1.165, 1.54) is 6.42 Å². The van der Waals surface area contributed by atoms with E-state index in [0.29, 0.717) is 36.9 Å². The van der Waals surface area contributed by atoms with E-state index in [1.807, 2.05) is 18.2 Å². The van der Waals surface area contributed by atoms with Gasteiger partial charge >= 0.3 is 0 Å². The molecule has 29 heavy (non-hydrogen) atoms. The van der Waals surface area contributed by atoms with E-state index in [-0.39, 0.29) is 17.9 Å². The van der Waals surface area contributed by atoms with Crippen molar-refractivity contribution >= 4 is 11.8 Å². The molecule has 2 heterocycles. The number of carbonyl (C=O) groups is 2. The average molecular weight is 398 g/mol. The molecule has 1 saturated heterocycles. The van der Waals surface area contributed by atoms with Crippen LogP contribution < -0.4 is 15.4 Å². The van der Waals surface area contributed by atoms with Crippen molar-refractivity contribution < 1.29 is 14.3 Å². The number of ether oxygens (including phenoxy) is 1. The molecule has 0 bridgehead atoms. The van der Waals surface area contributed by atoms with Gasteiger partial charge in [-0.15, -0.1) is 0 Å². The molecule has 4 rings (SSSR count). The Morgan fingerprint density at radius 2 is 2.10 bits per heavy atom. The van der Waals surface area contributed by atoms with Crippen molar-refractivity contribution in [2.24, 2.45) is 5.92 Å². The second-order valence-electron chi connectivity index (χ2n) is 8.90. The van der Waals surface area contributed by atoms with Gasteiger partial charge in [-0.05, 0) is 68.3 Å². The molecule has 6 heteroatoms. The largest absolute Gasteiger partial charge is 0.489 e. The molecule has 1 aromatic rings. The second kappa shape index (κ2) is 8.19. The van der Waals surface area contributed by atoms with Gasteiger partial charge in [-0.2, -0.15) is 0 Å². The third-order valence-electron chi connectivity index (χ3n) is 6.14. The van der Waals surface area contributed by atoms with Gasteiger partial charge in [-0.25, -0.2) is 0 Å². The quantitative estimate of drug-likeness (QED) is 0.774. The Balaban J connectivity index is 1.43. The summed E-state index contributed by atoms with van der Waals surface area (Å²) in [4.78, 5) is 26.9. The summed E-state index contributed by atoms with van der Waals surface area (Å²) in [6, 6.07) is 5.66. The number of benzene rings is 1. The molecule has 6 nitrogen and oxygen atoms in total. The molecule has 3 atom stereocenters. The fraction of sp³-hybridized carbons (Fsp3) is 0.565. The van der Waals surface area contributed by atoms with Crippen LogP contribution in [0.15, 0.2) is 30.5 Å². The van der Waals surface area contributed by atoms with Crippen LogP contribution in [-0.4, -0.2) is 41.4 Å². The van der Waals surface area contributed by atoms with Crippen LogP contribution in [0.5, 0.6) is 5.75 Å². The van der Waals surface area contributed by atoms with Crippen molar-refractivity contribution in [3.8, 4) is 5.75 Å². The summed E-state index contributed by atoms with van der Waals surface area (Å²) >= 11 is 0. The normalized spacial score (nSPS) is 26.8. The molecule has 2 N–H and O–H groups in total. The summed E-state index contributed by atoms with van der Waals surface area (Å²) in [5.74, 6) is 1.21. The maximum atomic E-state index is 12.9. The van der Waals surface area contributed by atoms with Crippen molar-refractivity contribution in [2.45, 2.75) is 70.7 Å². The van der Waals surface area contributed by atoms with E-state index >= 15 is 0 Å². The van der Waals surface area contributed by atoms with Gasteiger partial charge < -0.3 is 20.3 Å². The highest BCUT2D eigenvalue weighted by molar-refractivity contribution is 6.01. The van der Waals surface area contributed by atoms with Gasteiger partial charge in [0.2, 0.25) is 5.91 Å². The third kappa shape index (κ3) is 4.17. The van der Waals surface area contributed by atoms with E-state index in [9.17, 15) is 9.59 Å². The number of amides is 2. The SMILES string of the molecule is C=C1CCC(N2Cc3cc(O[C@@H]4CCC[C@H]4NCC(C)C)ccc3C2=O)C(=O)N1. The predicted molar refractivity (Wildman–Crippen MR) is 112 cm³/mol. The van der Waals surface area contributed by atoms with Crippen LogP contribution in [0, 0.1) is 5.92 Å². The first-order chi connectivity index (χ1) is 13.9. The number of rotatable bonds is 6. The maximum absolute atomic E-state index is 12.9. The van der Waals surface area contributed by atoms with Crippen LogP contribution in [0.25, 0.3) is 0 Å². The molecule has 1 unspecified atom stereocenters. The molecule has 0 spiro atoms. The average Bonchev–Trinajstić information content (AvgIpc) is 3.24. The van der Waals surface area contributed by atoms with Crippen molar-refractivity contribution in [1.82, 2.24) is 15.5 Å². The van der Waals surface area contributed by atoms with Gasteiger partial charge in [0.1, 0.15) is 17.9 Å². The monoisotopic (exact) mass is 397 g/mol. The predicted octanol–water partition coefficient (Wildman–Crippen LogP) is 2.98. The van der Waals surface area contributed by atoms with Crippen LogP contribution in [0.3, 0.4) is 0 Å². The first kappa shape index (κ1) is 20.0. The zero-order valence-corrected chi connectivity index (χ0v) is 17.4. The smallest absolute Gasteiger partial charge is 0.255 e. The van der Waals surface area contributed by atoms with Crippen molar-refractivity contribution in [3.05, 3.63) is 41.6 Å². The number of hydrogen-bond donors (Lipinski definition) is 2. The molecule has 0 aromatic heterocycles. The molecule has 2 aliphatic heterocycles. The molecule has 1 aromatic carbocycles. The van der Waals surface area contributed by atoms with Gasteiger partial charge in [-0.3, -0.25) is 9.59 Å². The van der Waals surface area contributed by atoms with Crippen LogP contribution in [0.1, 0.15) is 61.9 Å². The molecule has 2 amide bonds. The highest BCUT2D eigenvalue weighted by Crippen LogP contribution is 2.32. The van der Waals surface area contributed by atoms with Crippen molar-refractivity contribution in [2.75, 3.05) is 6.54 Å². The Bertz CT molecular complexity index is 820. The lowest BCUT2D eigenvalue weighted by Gasteiger charge is -2.30. The first-order valence-electron chi connectivity index (χ1n) is 10.7. The van der Waals surface area contributed by atoms with Crippen molar-refractivity contribution in [3.63, 3.8) is 0 Å². The number of piperidine rings is 1. The molecule has 2 fully saturated rings. The lowest BCUT2D eigenvalue weighted by atomic mass is 10.0. The molecule has 1 aliphatic carbocycles. The Kier molecular flexibility index (Phi) is 5.63. The number of fused-ring (bicyclic) bond motifs is 1. The topological polar surface area (TPSA) is 70.7 Å².